The Balaban J connectivity index is 1.42. The number of nitro benzene ring substituents is 1. The zero-order valence-electron chi connectivity index (χ0n) is 23.1. The summed E-state index contributed by atoms with van der Waals surface area (Å²) in [6, 6.07) is 17.7. The molecule has 0 heterocycles. The van der Waals surface area contributed by atoms with Gasteiger partial charge in [-0.05, 0) is 67.3 Å². The van der Waals surface area contributed by atoms with Crippen molar-refractivity contribution in [1.82, 2.24) is 0 Å². The molecule has 0 aliphatic heterocycles. The highest BCUT2D eigenvalue weighted by Gasteiger charge is 2.33. The number of nitrogens with zero attached hydrogens (tertiary/aromatic N) is 1. The normalized spacial score (nSPS) is 17.0. The van der Waals surface area contributed by atoms with Crippen molar-refractivity contribution >= 4 is 5.69 Å². The maximum absolute atomic E-state index is 11.9. The van der Waals surface area contributed by atoms with Gasteiger partial charge in [-0.1, -0.05) is 75.4 Å². The summed E-state index contributed by atoms with van der Waals surface area (Å²) < 4.78 is 19.4. The maximum atomic E-state index is 11.9. The van der Waals surface area contributed by atoms with Gasteiger partial charge in [0.05, 0.1) is 17.1 Å². The van der Waals surface area contributed by atoms with Crippen molar-refractivity contribution < 1.29 is 19.1 Å². The highest BCUT2D eigenvalue weighted by atomic mass is 16.6. The topological polar surface area (TPSA) is 70.8 Å². The molecule has 0 spiro atoms. The van der Waals surface area contributed by atoms with Crippen LogP contribution in [0.5, 0.6) is 17.2 Å². The molecule has 1 atom stereocenters. The summed E-state index contributed by atoms with van der Waals surface area (Å²) in [5.41, 5.74) is 4.83. The Morgan fingerprint density at radius 1 is 0.949 bits per heavy atom. The fourth-order valence-corrected chi connectivity index (χ4v) is 6.13. The zero-order valence-corrected chi connectivity index (χ0v) is 23.1. The Labute approximate surface area is 231 Å². The van der Waals surface area contributed by atoms with E-state index in [1.807, 2.05) is 43.3 Å². The Bertz CT molecular complexity index is 1280. The lowest BCUT2D eigenvalue weighted by Crippen LogP contribution is -2.13. The number of nitro groups is 1. The van der Waals surface area contributed by atoms with Gasteiger partial charge >= 0.3 is 0 Å². The van der Waals surface area contributed by atoms with Gasteiger partial charge in [0.15, 0.2) is 11.5 Å². The fourth-order valence-electron chi connectivity index (χ4n) is 6.13. The highest BCUT2D eigenvalue weighted by molar-refractivity contribution is 5.56. The molecule has 206 valence electrons. The lowest BCUT2D eigenvalue weighted by molar-refractivity contribution is -0.386. The minimum absolute atomic E-state index is 0.144. The summed E-state index contributed by atoms with van der Waals surface area (Å²) in [5, 5.41) is 11.9. The Hall–Kier alpha value is -3.54. The molecule has 0 N–H and O–H groups in total. The van der Waals surface area contributed by atoms with E-state index in [1.165, 1.54) is 32.1 Å². The second-order valence-corrected chi connectivity index (χ2v) is 10.9. The van der Waals surface area contributed by atoms with Crippen LogP contribution >= 0.6 is 0 Å². The number of benzene rings is 3. The van der Waals surface area contributed by atoms with Crippen LogP contribution < -0.4 is 14.2 Å². The molecule has 1 unspecified atom stereocenters. The average molecular weight is 530 g/mol. The van der Waals surface area contributed by atoms with Crippen molar-refractivity contribution in [1.29, 1.82) is 0 Å². The zero-order chi connectivity index (χ0) is 27.2. The first kappa shape index (κ1) is 27.0. The molecule has 6 heteroatoms. The van der Waals surface area contributed by atoms with Gasteiger partial charge in [-0.25, -0.2) is 0 Å². The van der Waals surface area contributed by atoms with Crippen molar-refractivity contribution in [2.24, 2.45) is 5.92 Å². The smallest absolute Gasteiger partial charge is 0.276 e. The number of aryl methyl sites for hydroxylation is 2. The molecule has 3 aromatic carbocycles. The van der Waals surface area contributed by atoms with Crippen LogP contribution in [0, 0.1) is 23.0 Å². The summed E-state index contributed by atoms with van der Waals surface area (Å²) in [7, 11) is 0. The molecule has 1 fully saturated rings. The third-order valence-electron chi connectivity index (χ3n) is 8.12. The lowest BCUT2D eigenvalue weighted by Gasteiger charge is -2.24. The summed E-state index contributed by atoms with van der Waals surface area (Å²) in [5.74, 6) is 2.84. The second kappa shape index (κ2) is 12.5. The number of ether oxygens (including phenoxy) is 3. The molecule has 0 bridgehead atoms. The van der Waals surface area contributed by atoms with Crippen molar-refractivity contribution in [3.63, 3.8) is 0 Å². The van der Waals surface area contributed by atoms with Crippen molar-refractivity contribution in [3.05, 3.63) is 92.5 Å². The Morgan fingerprint density at radius 3 is 2.46 bits per heavy atom. The first-order chi connectivity index (χ1) is 19.0. The van der Waals surface area contributed by atoms with E-state index in [4.69, 9.17) is 14.2 Å². The van der Waals surface area contributed by atoms with Gasteiger partial charge in [0.25, 0.3) is 5.69 Å². The van der Waals surface area contributed by atoms with E-state index in [2.05, 4.69) is 19.1 Å². The molecule has 0 radical (unpaired) electrons. The van der Waals surface area contributed by atoms with Crippen molar-refractivity contribution in [2.45, 2.75) is 84.3 Å². The summed E-state index contributed by atoms with van der Waals surface area (Å²) in [6.07, 6.45) is 9.32. The van der Waals surface area contributed by atoms with E-state index in [-0.39, 0.29) is 16.7 Å². The van der Waals surface area contributed by atoms with E-state index in [9.17, 15) is 10.1 Å². The molecule has 3 aromatic rings. The minimum Gasteiger partial charge on any atom is -0.489 e. The van der Waals surface area contributed by atoms with Crippen LogP contribution in [0.2, 0.25) is 0 Å². The molecule has 2 aliphatic rings. The van der Waals surface area contributed by atoms with Crippen LogP contribution in [-0.4, -0.2) is 11.5 Å². The molecular weight excluding hydrogens is 490 g/mol. The van der Waals surface area contributed by atoms with Gasteiger partial charge in [0, 0.05) is 11.6 Å². The summed E-state index contributed by atoms with van der Waals surface area (Å²) >= 11 is 0. The average Bonchev–Trinajstić information content (AvgIpc) is 3.35. The van der Waals surface area contributed by atoms with Crippen LogP contribution in [0.1, 0.15) is 85.8 Å². The molecule has 5 rings (SSSR count). The third-order valence-corrected chi connectivity index (χ3v) is 8.12. The maximum Gasteiger partial charge on any atom is 0.276 e. The van der Waals surface area contributed by atoms with Crippen LogP contribution in [-0.2, 0) is 19.4 Å². The fraction of sp³-hybridized carbons (Fsp3) is 0.455. The molecule has 6 nitrogen and oxygen atoms in total. The first-order valence-electron chi connectivity index (χ1n) is 14.4. The van der Waals surface area contributed by atoms with Gasteiger partial charge in [-0.2, -0.15) is 0 Å². The van der Waals surface area contributed by atoms with Gasteiger partial charge in [0.1, 0.15) is 18.5 Å². The quantitative estimate of drug-likeness (QED) is 0.184. The second-order valence-electron chi connectivity index (χ2n) is 10.9. The predicted octanol–water partition coefficient (Wildman–Crippen LogP) is 8.46. The number of rotatable bonds is 11. The van der Waals surface area contributed by atoms with Crippen LogP contribution in [0.15, 0.2) is 54.6 Å². The molecule has 0 saturated heterocycles. The molecule has 1 saturated carbocycles. The molecule has 0 amide bonds. The molecule has 2 aliphatic carbocycles. The van der Waals surface area contributed by atoms with E-state index in [0.717, 1.165) is 47.3 Å². The number of hydrogen-bond acceptors (Lipinski definition) is 5. The summed E-state index contributed by atoms with van der Waals surface area (Å²) in [6.45, 7) is 5.09. The highest BCUT2D eigenvalue weighted by Crippen LogP contribution is 2.45. The van der Waals surface area contributed by atoms with Crippen molar-refractivity contribution in [2.75, 3.05) is 6.61 Å². The molecular formula is C33H39NO5. The van der Waals surface area contributed by atoms with E-state index < -0.39 is 0 Å². The number of hydrogen-bond donors (Lipinski definition) is 0. The van der Waals surface area contributed by atoms with Gasteiger partial charge in [-0.3, -0.25) is 10.1 Å². The first-order valence-corrected chi connectivity index (χ1v) is 14.4. The largest absolute Gasteiger partial charge is 0.489 e. The number of fused-ring (bicyclic) bond motifs is 1. The van der Waals surface area contributed by atoms with E-state index in [0.29, 0.717) is 42.6 Å². The Morgan fingerprint density at radius 2 is 1.72 bits per heavy atom. The lowest BCUT2D eigenvalue weighted by atomic mass is 9.87. The van der Waals surface area contributed by atoms with Crippen molar-refractivity contribution in [3.8, 4) is 17.2 Å². The van der Waals surface area contributed by atoms with Gasteiger partial charge in [-0.15, -0.1) is 0 Å². The van der Waals surface area contributed by atoms with Gasteiger partial charge in [0.2, 0.25) is 0 Å². The predicted molar refractivity (Wildman–Crippen MR) is 153 cm³/mol. The van der Waals surface area contributed by atoms with E-state index >= 15 is 0 Å². The molecule has 0 aromatic heterocycles. The minimum atomic E-state index is -0.387. The van der Waals surface area contributed by atoms with Crippen LogP contribution in [0.25, 0.3) is 0 Å². The van der Waals surface area contributed by atoms with E-state index in [1.54, 1.807) is 6.07 Å². The van der Waals surface area contributed by atoms with Gasteiger partial charge < -0.3 is 14.2 Å². The standard InChI is InChI=1S/C33H39NO5/c1-3-27-29(38-22-25-12-8-5-9-13-25)16-17-31(33(27)37-19-18-24-10-6-4-7-11-24)39-30-15-14-26-20-23(2)21-28(32(26)30)34(35)36/h5,8-9,12-13,16-17,20-21,24,30H,3-4,6-7,10-11,14-15,18-19,22H2,1-2H3. The SMILES string of the molecule is CCc1c(OCc2ccccc2)ccc(OC2CCc3cc(C)cc([N+](=O)[O-])c32)c1OCCC1CCCCC1. The monoisotopic (exact) mass is 529 g/mol. The summed E-state index contributed by atoms with van der Waals surface area (Å²) in [4.78, 5) is 11.6. The molecule has 39 heavy (non-hydrogen) atoms. The van der Waals surface area contributed by atoms with Crippen LogP contribution in [0.4, 0.5) is 5.69 Å². The van der Waals surface area contributed by atoms with Crippen LogP contribution in [0.3, 0.4) is 0 Å². The third kappa shape index (κ3) is 6.38. The Kier molecular flexibility index (Phi) is 8.70.